The molecule has 8 heteroatoms. The van der Waals surface area contributed by atoms with E-state index in [0.717, 1.165) is 5.56 Å². The Morgan fingerprint density at radius 1 is 1.40 bits per heavy atom. The molecule has 2 N–H and O–H groups in total. The standard InChI is InChI=1S/C12H10N4O3S/c17-9-3-1-8(2-4-9)7-13-10-11(16(18)19)15-5-6-20-12(15)14-10/h1-6,13,17H,7H2. The fraction of sp³-hybridized carbons (Fsp3) is 0.0833. The Bertz CT molecular complexity index is 763. The van der Waals surface area contributed by atoms with Crippen LogP contribution in [-0.2, 0) is 6.54 Å². The van der Waals surface area contributed by atoms with Gasteiger partial charge in [0.05, 0.1) is 0 Å². The Labute approximate surface area is 117 Å². The van der Waals surface area contributed by atoms with Gasteiger partial charge in [-0.1, -0.05) is 23.5 Å². The fourth-order valence-corrected chi connectivity index (χ4v) is 2.58. The lowest BCUT2D eigenvalue weighted by Crippen LogP contribution is -2.03. The van der Waals surface area contributed by atoms with Crippen LogP contribution in [-0.4, -0.2) is 19.4 Å². The zero-order chi connectivity index (χ0) is 14.1. The summed E-state index contributed by atoms with van der Waals surface area (Å²) in [5.41, 5.74) is 0.897. The van der Waals surface area contributed by atoms with Crippen molar-refractivity contribution >= 4 is 27.9 Å². The second-order valence-electron chi connectivity index (χ2n) is 4.12. The van der Waals surface area contributed by atoms with E-state index < -0.39 is 4.92 Å². The molecular weight excluding hydrogens is 280 g/mol. The molecule has 0 spiro atoms. The molecule has 0 aliphatic carbocycles. The molecule has 0 saturated carbocycles. The summed E-state index contributed by atoms with van der Waals surface area (Å²) in [6.07, 6.45) is 1.62. The number of phenolic OH excluding ortho intramolecular Hbond substituents is 1. The molecule has 20 heavy (non-hydrogen) atoms. The van der Waals surface area contributed by atoms with Crippen LogP contribution in [0.25, 0.3) is 4.96 Å². The molecule has 0 unspecified atom stereocenters. The van der Waals surface area contributed by atoms with E-state index in [1.165, 1.54) is 15.7 Å². The number of benzene rings is 1. The number of nitro groups is 1. The van der Waals surface area contributed by atoms with Crippen LogP contribution in [0.4, 0.5) is 11.6 Å². The molecule has 0 fully saturated rings. The summed E-state index contributed by atoms with van der Waals surface area (Å²) in [4.78, 5) is 15.5. The Morgan fingerprint density at radius 2 is 2.15 bits per heavy atom. The number of aromatic hydroxyl groups is 1. The number of phenols is 1. The maximum Gasteiger partial charge on any atom is 0.372 e. The molecular formula is C12H10N4O3S. The van der Waals surface area contributed by atoms with Crippen LogP contribution in [0, 0.1) is 10.1 Å². The first-order valence-corrected chi connectivity index (χ1v) is 6.65. The highest BCUT2D eigenvalue weighted by molar-refractivity contribution is 7.15. The molecule has 102 valence electrons. The van der Waals surface area contributed by atoms with Crippen LogP contribution >= 0.6 is 11.3 Å². The van der Waals surface area contributed by atoms with Gasteiger partial charge in [-0.2, -0.15) is 9.38 Å². The lowest BCUT2D eigenvalue weighted by Gasteiger charge is -2.03. The number of nitrogens with zero attached hydrogens (tertiary/aromatic N) is 3. The van der Waals surface area contributed by atoms with Crippen LogP contribution in [0.2, 0.25) is 0 Å². The van der Waals surface area contributed by atoms with Crippen molar-refractivity contribution in [1.29, 1.82) is 0 Å². The minimum atomic E-state index is -0.453. The SMILES string of the molecule is O=[N+]([O-])c1c(NCc2ccc(O)cc2)nc2sccn12. The zero-order valence-corrected chi connectivity index (χ0v) is 11.0. The van der Waals surface area contributed by atoms with E-state index in [1.807, 2.05) is 0 Å². The van der Waals surface area contributed by atoms with Gasteiger partial charge in [-0.25, -0.2) is 0 Å². The molecule has 0 saturated heterocycles. The number of fused-ring (bicyclic) bond motifs is 1. The summed E-state index contributed by atoms with van der Waals surface area (Å²) in [7, 11) is 0. The van der Waals surface area contributed by atoms with E-state index >= 15 is 0 Å². The molecule has 7 nitrogen and oxygen atoms in total. The number of aromatic nitrogens is 2. The molecule has 0 aliphatic heterocycles. The Morgan fingerprint density at radius 3 is 2.85 bits per heavy atom. The molecule has 3 rings (SSSR count). The quantitative estimate of drug-likeness (QED) is 0.569. The maximum absolute atomic E-state index is 11.1. The Hall–Kier alpha value is -2.61. The van der Waals surface area contributed by atoms with Gasteiger partial charge in [-0.15, -0.1) is 0 Å². The first-order chi connectivity index (χ1) is 9.65. The van der Waals surface area contributed by atoms with E-state index in [-0.39, 0.29) is 17.4 Å². The van der Waals surface area contributed by atoms with E-state index in [1.54, 1.807) is 35.8 Å². The predicted octanol–water partition coefficient (Wildman–Crippen LogP) is 2.62. The van der Waals surface area contributed by atoms with Crippen molar-refractivity contribution < 1.29 is 10.0 Å². The minimum Gasteiger partial charge on any atom is -0.508 e. The van der Waals surface area contributed by atoms with Gasteiger partial charge in [0, 0.05) is 11.9 Å². The summed E-state index contributed by atoms with van der Waals surface area (Å²) >= 11 is 1.34. The van der Waals surface area contributed by atoms with Crippen LogP contribution < -0.4 is 5.32 Å². The van der Waals surface area contributed by atoms with E-state index in [2.05, 4.69) is 10.3 Å². The fourth-order valence-electron chi connectivity index (χ4n) is 1.87. The molecule has 3 aromatic rings. The number of hydrogen-bond acceptors (Lipinski definition) is 6. The third kappa shape index (κ3) is 2.16. The third-order valence-electron chi connectivity index (χ3n) is 2.81. The topological polar surface area (TPSA) is 92.7 Å². The highest BCUT2D eigenvalue weighted by Crippen LogP contribution is 2.28. The van der Waals surface area contributed by atoms with Crippen molar-refractivity contribution in [1.82, 2.24) is 9.38 Å². The molecule has 2 heterocycles. The zero-order valence-electron chi connectivity index (χ0n) is 10.2. The van der Waals surface area contributed by atoms with Crippen molar-refractivity contribution in [3.8, 4) is 5.75 Å². The highest BCUT2D eigenvalue weighted by Gasteiger charge is 2.23. The van der Waals surface area contributed by atoms with Crippen LogP contribution in [0.15, 0.2) is 35.8 Å². The van der Waals surface area contributed by atoms with Crippen molar-refractivity contribution in [3.63, 3.8) is 0 Å². The first-order valence-electron chi connectivity index (χ1n) is 5.77. The number of anilines is 1. The second kappa shape index (κ2) is 4.82. The molecule has 0 bridgehead atoms. The molecule has 0 aliphatic rings. The monoisotopic (exact) mass is 290 g/mol. The largest absolute Gasteiger partial charge is 0.508 e. The Kier molecular flexibility index (Phi) is 2.99. The second-order valence-corrected chi connectivity index (χ2v) is 4.99. The highest BCUT2D eigenvalue weighted by atomic mass is 32.1. The minimum absolute atomic E-state index is 0.0694. The van der Waals surface area contributed by atoms with Crippen LogP contribution in [0.1, 0.15) is 5.56 Å². The molecule has 0 atom stereocenters. The predicted molar refractivity (Wildman–Crippen MR) is 75.2 cm³/mol. The number of hydrogen-bond donors (Lipinski definition) is 2. The van der Waals surface area contributed by atoms with Crippen LogP contribution in [0.5, 0.6) is 5.75 Å². The van der Waals surface area contributed by atoms with Gasteiger partial charge < -0.3 is 20.5 Å². The summed E-state index contributed by atoms with van der Waals surface area (Å²) in [6, 6.07) is 6.62. The Balaban J connectivity index is 1.87. The van der Waals surface area contributed by atoms with Crippen LogP contribution in [0.3, 0.4) is 0 Å². The van der Waals surface area contributed by atoms with Crippen molar-refractivity contribution in [2.45, 2.75) is 6.54 Å². The summed E-state index contributed by atoms with van der Waals surface area (Å²) in [6.45, 7) is 0.395. The van der Waals surface area contributed by atoms with E-state index in [4.69, 9.17) is 0 Å². The van der Waals surface area contributed by atoms with Gasteiger partial charge in [0.15, 0.2) is 0 Å². The lowest BCUT2D eigenvalue weighted by atomic mass is 10.2. The summed E-state index contributed by atoms with van der Waals surface area (Å²) in [5.74, 6) is 0.359. The first kappa shape index (κ1) is 12.4. The summed E-state index contributed by atoms with van der Waals surface area (Å²) < 4.78 is 1.45. The van der Waals surface area contributed by atoms with Gasteiger partial charge in [-0.3, -0.25) is 0 Å². The van der Waals surface area contributed by atoms with E-state index in [9.17, 15) is 15.2 Å². The number of nitrogens with one attached hydrogen (secondary N) is 1. The van der Waals surface area contributed by atoms with Gasteiger partial charge in [-0.05, 0) is 22.6 Å². The van der Waals surface area contributed by atoms with Gasteiger partial charge in [0.2, 0.25) is 5.82 Å². The maximum atomic E-state index is 11.1. The number of thiazole rings is 1. The van der Waals surface area contributed by atoms with E-state index in [0.29, 0.717) is 11.5 Å². The number of imidazole rings is 1. The van der Waals surface area contributed by atoms with Crippen molar-refractivity contribution in [3.05, 3.63) is 51.5 Å². The lowest BCUT2D eigenvalue weighted by molar-refractivity contribution is -0.389. The third-order valence-corrected chi connectivity index (χ3v) is 3.56. The molecule has 2 aromatic heterocycles. The number of rotatable bonds is 4. The average molecular weight is 290 g/mol. The van der Waals surface area contributed by atoms with Crippen molar-refractivity contribution in [2.75, 3.05) is 5.32 Å². The van der Waals surface area contributed by atoms with Gasteiger partial charge >= 0.3 is 5.82 Å². The van der Waals surface area contributed by atoms with Gasteiger partial charge in [0.25, 0.3) is 4.96 Å². The summed E-state index contributed by atoms with van der Waals surface area (Å²) in [5, 5.41) is 25.0. The average Bonchev–Trinajstić information content (AvgIpc) is 2.97. The smallest absolute Gasteiger partial charge is 0.372 e. The normalized spacial score (nSPS) is 10.8. The van der Waals surface area contributed by atoms with Gasteiger partial charge in [0.1, 0.15) is 11.9 Å². The molecule has 0 radical (unpaired) electrons. The molecule has 0 amide bonds. The molecule has 1 aromatic carbocycles. The van der Waals surface area contributed by atoms with Crippen molar-refractivity contribution in [2.24, 2.45) is 0 Å².